The van der Waals surface area contributed by atoms with Crippen molar-refractivity contribution in [1.82, 2.24) is 4.98 Å². The number of para-hydroxylation sites is 2. The molecule has 5 nitrogen and oxygen atoms in total. The number of carbonyl (C=O) groups is 1. The van der Waals surface area contributed by atoms with Crippen molar-refractivity contribution in [3.63, 3.8) is 0 Å². The highest BCUT2D eigenvalue weighted by molar-refractivity contribution is 5.88. The zero-order valence-corrected chi connectivity index (χ0v) is 9.75. The van der Waals surface area contributed by atoms with Crippen LogP contribution in [0.15, 0.2) is 42.7 Å². The topological polar surface area (TPSA) is 71.5 Å². The van der Waals surface area contributed by atoms with Crippen LogP contribution >= 0.6 is 0 Å². The summed E-state index contributed by atoms with van der Waals surface area (Å²) in [5.41, 5.74) is 1.48. The van der Waals surface area contributed by atoms with Crippen LogP contribution in [0.2, 0.25) is 0 Å². The number of carboxylic acid groups (broad SMARTS) is 1. The van der Waals surface area contributed by atoms with Crippen LogP contribution in [0, 0.1) is 0 Å². The predicted octanol–water partition coefficient (Wildman–Crippen LogP) is 2.53. The van der Waals surface area contributed by atoms with E-state index >= 15 is 0 Å². The van der Waals surface area contributed by atoms with Gasteiger partial charge in [0.25, 0.3) is 0 Å². The van der Waals surface area contributed by atoms with E-state index in [2.05, 4.69) is 10.3 Å². The fourth-order valence-electron chi connectivity index (χ4n) is 1.53. The fourth-order valence-corrected chi connectivity index (χ4v) is 1.53. The smallest absolute Gasteiger partial charge is 0.337 e. The van der Waals surface area contributed by atoms with E-state index in [4.69, 9.17) is 9.84 Å². The number of carboxylic acids is 1. The van der Waals surface area contributed by atoms with Crippen molar-refractivity contribution in [2.45, 2.75) is 0 Å². The van der Waals surface area contributed by atoms with E-state index in [9.17, 15) is 4.79 Å². The summed E-state index contributed by atoms with van der Waals surface area (Å²) in [5.74, 6) is -0.329. The molecular weight excluding hydrogens is 232 g/mol. The Morgan fingerprint density at radius 2 is 2.11 bits per heavy atom. The Morgan fingerprint density at radius 3 is 2.83 bits per heavy atom. The molecule has 0 aliphatic rings. The number of nitrogens with one attached hydrogen (secondary N) is 1. The first-order valence-electron chi connectivity index (χ1n) is 5.29. The first-order valence-corrected chi connectivity index (χ1v) is 5.29. The number of aromatic carboxylic acids is 1. The lowest BCUT2D eigenvalue weighted by Gasteiger charge is -2.10. The van der Waals surface area contributed by atoms with Crippen LogP contribution in [0.5, 0.6) is 5.75 Å². The monoisotopic (exact) mass is 244 g/mol. The molecule has 0 atom stereocenters. The zero-order valence-electron chi connectivity index (χ0n) is 9.75. The number of hydrogen-bond donors (Lipinski definition) is 2. The number of ether oxygens (including phenoxy) is 1. The van der Waals surface area contributed by atoms with Crippen molar-refractivity contribution in [1.29, 1.82) is 0 Å². The average molecular weight is 244 g/mol. The van der Waals surface area contributed by atoms with Gasteiger partial charge >= 0.3 is 5.97 Å². The average Bonchev–Trinajstić information content (AvgIpc) is 2.39. The van der Waals surface area contributed by atoms with Gasteiger partial charge in [-0.15, -0.1) is 0 Å². The number of benzene rings is 1. The summed E-state index contributed by atoms with van der Waals surface area (Å²) in [7, 11) is 1.58. The number of hydrogen-bond acceptors (Lipinski definition) is 4. The van der Waals surface area contributed by atoms with Crippen LogP contribution in [0.1, 0.15) is 10.4 Å². The number of anilines is 2. The van der Waals surface area contributed by atoms with Crippen LogP contribution in [0.3, 0.4) is 0 Å². The first-order chi connectivity index (χ1) is 8.70. The fraction of sp³-hybridized carbons (Fsp3) is 0.0769. The molecule has 1 heterocycles. The molecule has 0 aliphatic carbocycles. The van der Waals surface area contributed by atoms with Gasteiger partial charge in [-0.3, -0.25) is 4.98 Å². The zero-order chi connectivity index (χ0) is 13.0. The van der Waals surface area contributed by atoms with E-state index in [1.807, 2.05) is 24.3 Å². The third-order valence-electron chi connectivity index (χ3n) is 2.37. The molecule has 92 valence electrons. The maximum Gasteiger partial charge on any atom is 0.337 e. The lowest BCUT2D eigenvalue weighted by molar-refractivity contribution is 0.0696. The van der Waals surface area contributed by atoms with Gasteiger partial charge in [0, 0.05) is 6.20 Å². The van der Waals surface area contributed by atoms with Gasteiger partial charge in [-0.2, -0.15) is 0 Å². The van der Waals surface area contributed by atoms with Gasteiger partial charge < -0.3 is 15.2 Å². The van der Waals surface area contributed by atoms with E-state index in [1.165, 1.54) is 12.3 Å². The lowest BCUT2D eigenvalue weighted by atomic mass is 10.2. The van der Waals surface area contributed by atoms with Crippen molar-refractivity contribution >= 4 is 17.3 Å². The van der Waals surface area contributed by atoms with Gasteiger partial charge in [-0.1, -0.05) is 12.1 Å². The third-order valence-corrected chi connectivity index (χ3v) is 2.37. The Hall–Kier alpha value is -2.56. The number of aromatic nitrogens is 1. The van der Waals surface area contributed by atoms with Crippen molar-refractivity contribution < 1.29 is 14.6 Å². The van der Waals surface area contributed by atoms with Gasteiger partial charge in [0.05, 0.1) is 30.2 Å². The predicted molar refractivity (Wildman–Crippen MR) is 67.5 cm³/mol. The van der Waals surface area contributed by atoms with Gasteiger partial charge in [0.15, 0.2) is 0 Å². The molecule has 2 aromatic rings. The highest BCUT2D eigenvalue weighted by atomic mass is 16.5. The van der Waals surface area contributed by atoms with Gasteiger partial charge in [-0.05, 0) is 18.2 Å². The maximum absolute atomic E-state index is 10.8. The summed E-state index contributed by atoms with van der Waals surface area (Å²) in [6.07, 6.45) is 2.86. The highest BCUT2D eigenvalue weighted by Crippen LogP contribution is 2.26. The summed E-state index contributed by atoms with van der Waals surface area (Å²) in [6.45, 7) is 0. The molecule has 2 N–H and O–H groups in total. The van der Waals surface area contributed by atoms with E-state index < -0.39 is 5.97 Å². The Balaban J connectivity index is 2.28. The van der Waals surface area contributed by atoms with Crippen molar-refractivity contribution in [3.05, 3.63) is 48.3 Å². The summed E-state index contributed by atoms with van der Waals surface area (Å²) in [5, 5.41) is 12.0. The molecule has 0 aliphatic heterocycles. The molecular formula is C13H12N2O3. The Morgan fingerprint density at radius 1 is 1.33 bits per heavy atom. The molecule has 0 spiro atoms. The normalized spacial score (nSPS) is 9.83. The van der Waals surface area contributed by atoms with Crippen LogP contribution in [0.25, 0.3) is 0 Å². The van der Waals surface area contributed by atoms with Crippen LogP contribution < -0.4 is 10.1 Å². The van der Waals surface area contributed by atoms with Crippen LogP contribution in [0.4, 0.5) is 11.4 Å². The highest BCUT2D eigenvalue weighted by Gasteiger charge is 2.06. The van der Waals surface area contributed by atoms with Crippen molar-refractivity contribution in [2.24, 2.45) is 0 Å². The largest absolute Gasteiger partial charge is 0.495 e. The molecule has 2 rings (SSSR count). The summed E-state index contributed by atoms with van der Waals surface area (Å²) < 4.78 is 5.20. The van der Waals surface area contributed by atoms with Crippen LogP contribution in [-0.4, -0.2) is 23.2 Å². The Bertz CT molecular complexity index is 570. The summed E-state index contributed by atoms with van der Waals surface area (Å²) >= 11 is 0. The minimum atomic E-state index is -1.01. The second-order valence-corrected chi connectivity index (χ2v) is 3.59. The number of rotatable bonds is 4. The van der Waals surface area contributed by atoms with Crippen molar-refractivity contribution in [3.8, 4) is 5.75 Å². The Kier molecular flexibility index (Phi) is 3.43. The van der Waals surface area contributed by atoms with E-state index in [0.717, 1.165) is 5.69 Å². The summed E-state index contributed by atoms with van der Waals surface area (Å²) in [6, 6.07) is 8.89. The second-order valence-electron chi connectivity index (χ2n) is 3.59. The van der Waals surface area contributed by atoms with Crippen molar-refractivity contribution in [2.75, 3.05) is 12.4 Å². The van der Waals surface area contributed by atoms with E-state index in [0.29, 0.717) is 11.4 Å². The molecule has 0 unspecified atom stereocenters. The molecule has 0 fully saturated rings. The molecule has 18 heavy (non-hydrogen) atoms. The molecule has 0 saturated carbocycles. The molecule has 0 bridgehead atoms. The maximum atomic E-state index is 10.8. The van der Waals surface area contributed by atoms with Crippen LogP contribution in [-0.2, 0) is 0 Å². The molecule has 1 aromatic heterocycles. The van der Waals surface area contributed by atoms with Gasteiger partial charge in [0.1, 0.15) is 5.75 Å². The van der Waals surface area contributed by atoms with E-state index in [1.54, 1.807) is 13.3 Å². The van der Waals surface area contributed by atoms with Gasteiger partial charge in [-0.25, -0.2) is 4.79 Å². The summed E-state index contributed by atoms with van der Waals surface area (Å²) in [4.78, 5) is 14.7. The minimum absolute atomic E-state index is 0.134. The SMILES string of the molecule is COc1ccccc1Nc1cncc(C(=O)O)c1. The number of pyridine rings is 1. The lowest BCUT2D eigenvalue weighted by Crippen LogP contribution is -2.00. The first kappa shape index (κ1) is 11.9. The third kappa shape index (κ3) is 2.57. The quantitative estimate of drug-likeness (QED) is 0.864. The Labute approximate surface area is 104 Å². The van der Waals surface area contributed by atoms with E-state index in [-0.39, 0.29) is 5.56 Å². The second kappa shape index (κ2) is 5.18. The number of nitrogens with zero attached hydrogens (tertiary/aromatic N) is 1. The molecule has 0 radical (unpaired) electrons. The molecule has 1 aromatic carbocycles. The molecule has 0 amide bonds. The van der Waals surface area contributed by atoms with Gasteiger partial charge in [0.2, 0.25) is 0 Å². The number of methoxy groups -OCH3 is 1. The molecule has 5 heteroatoms. The standard InChI is InChI=1S/C13H12N2O3/c1-18-12-5-3-2-4-11(12)15-10-6-9(13(16)17)7-14-8-10/h2-8,15H,1H3,(H,16,17). The molecule has 0 saturated heterocycles. The minimum Gasteiger partial charge on any atom is -0.495 e.